The van der Waals surface area contributed by atoms with Gasteiger partial charge in [-0.05, 0) is 29.0 Å². The molecule has 122 valence electrons. The number of rotatable bonds is 2. The number of hydrogen-bond donors (Lipinski definition) is 0. The van der Waals surface area contributed by atoms with Gasteiger partial charge in [0.1, 0.15) is 4.75 Å². The lowest BCUT2D eigenvalue weighted by Gasteiger charge is -2.42. The van der Waals surface area contributed by atoms with Crippen molar-refractivity contribution in [3.8, 4) is 0 Å². The van der Waals surface area contributed by atoms with Crippen LogP contribution in [0.4, 0.5) is 0 Å². The third-order valence-corrected chi connectivity index (χ3v) is 8.57. The quantitative estimate of drug-likeness (QED) is 0.612. The normalized spacial score (nSPS) is 33.4. The number of thiophene rings is 1. The van der Waals surface area contributed by atoms with Crippen LogP contribution in [0.1, 0.15) is 22.4 Å². The second kappa shape index (κ2) is 4.61. The van der Waals surface area contributed by atoms with E-state index in [2.05, 4.69) is 6.07 Å². The van der Waals surface area contributed by atoms with Crippen LogP contribution in [0.2, 0.25) is 0 Å². The fourth-order valence-electron chi connectivity index (χ4n) is 4.41. The molecule has 0 radical (unpaired) electrons. The standard InChI is InChI=1S/C17H14N2O3S2/c20-15-16(12-4-2-1-3-5-12)10-13(19(21)22)17(24-16)14-11(7-9-23-14)6-8-18(15)17/h1-5,7,9,13H,6,8,10H2. The summed E-state index contributed by atoms with van der Waals surface area (Å²) >= 11 is 3.05. The first-order chi connectivity index (χ1) is 11.6. The Balaban J connectivity index is 1.77. The van der Waals surface area contributed by atoms with E-state index >= 15 is 0 Å². The minimum Gasteiger partial charge on any atom is -0.315 e. The molecule has 7 heteroatoms. The number of carbonyl (C=O) groups excluding carboxylic acids is 1. The second-order valence-electron chi connectivity index (χ2n) is 6.48. The van der Waals surface area contributed by atoms with Crippen molar-refractivity contribution in [2.75, 3.05) is 6.54 Å². The fourth-order valence-corrected chi connectivity index (χ4v) is 7.82. The molecule has 0 N–H and O–H groups in total. The Bertz CT molecular complexity index is 868. The number of nitro groups is 1. The van der Waals surface area contributed by atoms with E-state index in [4.69, 9.17) is 0 Å². The third-order valence-electron chi connectivity index (χ3n) is 5.43. The Morgan fingerprint density at radius 2 is 2.04 bits per heavy atom. The lowest BCUT2D eigenvalue weighted by Crippen LogP contribution is -2.59. The van der Waals surface area contributed by atoms with Crippen molar-refractivity contribution in [2.45, 2.75) is 28.5 Å². The molecule has 1 aromatic heterocycles. The van der Waals surface area contributed by atoms with Crippen molar-refractivity contribution in [1.29, 1.82) is 0 Å². The van der Waals surface area contributed by atoms with Crippen molar-refractivity contribution in [3.63, 3.8) is 0 Å². The van der Waals surface area contributed by atoms with Crippen LogP contribution in [-0.4, -0.2) is 28.3 Å². The van der Waals surface area contributed by atoms with Crippen LogP contribution in [-0.2, 0) is 20.8 Å². The molecule has 1 spiro atoms. The van der Waals surface area contributed by atoms with Gasteiger partial charge in [0, 0.05) is 17.9 Å². The number of fused-ring (bicyclic) bond motifs is 2. The van der Waals surface area contributed by atoms with E-state index < -0.39 is 15.7 Å². The van der Waals surface area contributed by atoms with Crippen LogP contribution >= 0.6 is 23.1 Å². The molecule has 0 aliphatic carbocycles. The Morgan fingerprint density at radius 3 is 2.79 bits per heavy atom. The van der Waals surface area contributed by atoms with Crippen LogP contribution in [0.25, 0.3) is 0 Å². The molecule has 2 saturated heterocycles. The summed E-state index contributed by atoms with van der Waals surface area (Å²) in [6, 6.07) is 10.8. The van der Waals surface area contributed by atoms with Crippen LogP contribution < -0.4 is 0 Å². The van der Waals surface area contributed by atoms with Crippen molar-refractivity contribution in [2.24, 2.45) is 0 Å². The highest BCUT2D eigenvalue weighted by atomic mass is 32.2. The Morgan fingerprint density at radius 1 is 1.25 bits per heavy atom. The summed E-state index contributed by atoms with van der Waals surface area (Å²) in [4.78, 5) is 27.0. The Kier molecular flexibility index (Phi) is 2.78. The number of nitrogens with zero attached hydrogens (tertiary/aromatic N) is 2. The maximum atomic E-state index is 13.3. The first kappa shape index (κ1) is 14.5. The van der Waals surface area contributed by atoms with E-state index in [0.717, 1.165) is 22.4 Å². The molecule has 4 heterocycles. The van der Waals surface area contributed by atoms with Gasteiger partial charge in [0.15, 0.2) is 4.87 Å². The zero-order chi connectivity index (χ0) is 16.5. The van der Waals surface area contributed by atoms with E-state index in [1.807, 2.05) is 35.7 Å². The highest BCUT2D eigenvalue weighted by Crippen LogP contribution is 2.70. The third kappa shape index (κ3) is 1.50. The maximum absolute atomic E-state index is 13.3. The summed E-state index contributed by atoms with van der Waals surface area (Å²) in [5, 5.41) is 13.9. The average Bonchev–Trinajstić information content (AvgIpc) is 3.25. The maximum Gasteiger partial charge on any atom is 0.252 e. The van der Waals surface area contributed by atoms with E-state index in [0.29, 0.717) is 6.54 Å². The minimum atomic E-state index is -0.835. The molecule has 0 saturated carbocycles. The van der Waals surface area contributed by atoms with Gasteiger partial charge in [-0.15, -0.1) is 11.3 Å². The summed E-state index contributed by atoms with van der Waals surface area (Å²) in [5.41, 5.74) is 2.05. The Hall–Kier alpha value is -1.86. The first-order valence-electron chi connectivity index (χ1n) is 7.88. The van der Waals surface area contributed by atoms with Gasteiger partial charge in [0.25, 0.3) is 6.04 Å². The van der Waals surface area contributed by atoms with Gasteiger partial charge in [-0.2, -0.15) is 0 Å². The predicted octanol–water partition coefficient (Wildman–Crippen LogP) is 2.98. The molecular weight excluding hydrogens is 344 g/mol. The average molecular weight is 358 g/mol. The van der Waals surface area contributed by atoms with Crippen LogP contribution in [0, 0.1) is 10.1 Å². The van der Waals surface area contributed by atoms with E-state index in [1.54, 1.807) is 16.2 Å². The fraction of sp³-hybridized carbons (Fsp3) is 0.353. The van der Waals surface area contributed by atoms with Crippen molar-refractivity contribution >= 4 is 29.0 Å². The van der Waals surface area contributed by atoms with Crippen molar-refractivity contribution < 1.29 is 9.72 Å². The van der Waals surface area contributed by atoms with E-state index in [1.165, 1.54) is 11.8 Å². The molecule has 1 aromatic carbocycles. The second-order valence-corrected chi connectivity index (χ2v) is 8.92. The minimum absolute atomic E-state index is 0.0378. The number of piperidine rings is 1. The molecular formula is C17H14N2O3S2. The van der Waals surface area contributed by atoms with Gasteiger partial charge in [0.2, 0.25) is 5.91 Å². The molecule has 2 aromatic rings. The highest BCUT2D eigenvalue weighted by molar-refractivity contribution is 8.02. The summed E-state index contributed by atoms with van der Waals surface area (Å²) in [6.07, 6.45) is 1.05. The topological polar surface area (TPSA) is 63.5 Å². The first-order valence-corrected chi connectivity index (χ1v) is 9.57. The molecule has 5 rings (SSSR count). The van der Waals surface area contributed by atoms with E-state index in [-0.39, 0.29) is 17.3 Å². The molecule has 5 nitrogen and oxygen atoms in total. The molecule has 3 aliphatic rings. The predicted molar refractivity (Wildman–Crippen MR) is 92.5 cm³/mol. The summed E-state index contributed by atoms with van der Waals surface area (Å²) in [7, 11) is 0. The molecule has 3 aliphatic heterocycles. The largest absolute Gasteiger partial charge is 0.315 e. The Labute approximate surface area is 146 Å². The van der Waals surface area contributed by atoms with Gasteiger partial charge < -0.3 is 4.90 Å². The van der Waals surface area contributed by atoms with Crippen LogP contribution in [0.15, 0.2) is 41.8 Å². The van der Waals surface area contributed by atoms with Gasteiger partial charge in [-0.25, -0.2) is 0 Å². The molecule has 3 atom stereocenters. The highest BCUT2D eigenvalue weighted by Gasteiger charge is 2.77. The van der Waals surface area contributed by atoms with Crippen LogP contribution in [0.3, 0.4) is 0 Å². The monoisotopic (exact) mass is 358 g/mol. The number of benzene rings is 1. The zero-order valence-electron chi connectivity index (χ0n) is 12.7. The SMILES string of the molecule is O=C1N2CCc3ccsc3C23SC1(c1ccccc1)CC3[N+](=O)[O-]. The molecule has 1 amide bonds. The number of thioether (sulfide) groups is 1. The summed E-state index contributed by atoms with van der Waals surface area (Å²) in [6.45, 7) is 0.564. The van der Waals surface area contributed by atoms with Gasteiger partial charge in [0.05, 0.1) is 4.88 Å². The number of carbonyl (C=O) groups is 1. The van der Waals surface area contributed by atoms with Crippen molar-refractivity contribution in [1.82, 2.24) is 4.90 Å². The zero-order valence-corrected chi connectivity index (χ0v) is 14.3. The lowest BCUT2D eigenvalue weighted by atomic mass is 9.80. The number of amides is 1. The summed E-state index contributed by atoms with van der Waals surface area (Å²) in [5.74, 6) is 0.0378. The molecule has 2 bridgehead atoms. The molecule has 2 fully saturated rings. The number of hydrogen-bond acceptors (Lipinski definition) is 5. The van der Waals surface area contributed by atoms with Gasteiger partial charge in [-0.1, -0.05) is 42.1 Å². The van der Waals surface area contributed by atoms with Gasteiger partial charge >= 0.3 is 0 Å². The summed E-state index contributed by atoms with van der Waals surface area (Å²) < 4.78 is -0.829. The van der Waals surface area contributed by atoms with Crippen molar-refractivity contribution in [3.05, 3.63) is 67.9 Å². The molecule has 24 heavy (non-hydrogen) atoms. The smallest absolute Gasteiger partial charge is 0.252 e. The van der Waals surface area contributed by atoms with Gasteiger partial charge in [-0.3, -0.25) is 14.9 Å². The van der Waals surface area contributed by atoms with Crippen LogP contribution in [0.5, 0.6) is 0 Å². The lowest BCUT2D eigenvalue weighted by molar-refractivity contribution is -0.535. The molecule has 3 unspecified atom stereocenters. The van der Waals surface area contributed by atoms with E-state index in [9.17, 15) is 14.9 Å².